The van der Waals surface area contributed by atoms with E-state index in [0.29, 0.717) is 5.92 Å². The molecule has 0 bridgehead atoms. The first kappa shape index (κ1) is 13.0. The second-order valence-electron chi connectivity index (χ2n) is 5.02. The lowest BCUT2D eigenvalue weighted by Gasteiger charge is -2.16. The van der Waals surface area contributed by atoms with Gasteiger partial charge >= 0.3 is 0 Å². The van der Waals surface area contributed by atoms with Gasteiger partial charge in [-0.15, -0.1) is 0 Å². The number of para-hydroxylation sites is 2. The first-order chi connectivity index (χ1) is 8.70. The van der Waals surface area contributed by atoms with E-state index in [2.05, 4.69) is 23.8 Å². The van der Waals surface area contributed by atoms with E-state index < -0.39 is 0 Å². The van der Waals surface area contributed by atoms with Crippen LogP contribution in [0.25, 0.3) is 11.0 Å². The Morgan fingerprint density at radius 1 is 1.22 bits per heavy atom. The largest absolute Gasteiger partial charge is 0.323 e. The summed E-state index contributed by atoms with van der Waals surface area (Å²) in [4.78, 5) is 9.01. The van der Waals surface area contributed by atoms with Gasteiger partial charge in [0, 0.05) is 6.04 Å². The Hall–Kier alpha value is -1.48. The maximum absolute atomic E-state index is 6.21. The smallest absolute Gasteiger partial charge is 0.0890 e. The molecular formula is C15H21N3. The fourth-order valence-electron chi connectivity index (χ4n) is 2.32. The highest BCUT2D eigenvalue weighted by atomic mass is 14.8. The van der Waals surface area contributed by atoms with Crippen molar-refractivity contribution in [1.29, 1.82) is 0 Å². The first-order valence-electron chi connectivity index (χ1n) is 6.68. The number of benzene rings is 1. The number of hydrogen-bond acceptors (Lipinski definition) is 3. The Morgan fingerprint density at radius 2 is 1.94 bits per heavy atom. The van der Waals surface area contributed by atoms with Crippen molar-refractivity contribution in [3.05, 3.63) is 36.2 Å². The van der Waals surface area contributed by atoms with Gasteiger partial charge in [0.05, 0.1) is 22.9 Å². The third-order valence-corrected chi connectivity index (χ3v) is 3.28. The quantitative estimate of drug-likeness (QED) is 0.875. The van der Waals surface area contributed by atoms with E-state index in [4.69, 9.17) is 5.73 Å². The molecule has 0 saturated heterocycles. The highest BCUT2D eigenvalue weighted by molar-refractivity contribution is 5.73. The molecular weight excluding hydrogens is 222 g/mol. The standard InChI is InChI=1S/C15H21N3/c1-3-6-11(2)9-12(16)15-10-17-13-7-4-5-8-14(13)18-15/h4-5,7-8,10-12H,3,6,9,16H2,1-2H3. The molecule has 1 aromatic carbocycles. The van der Waals surface area contributed by atoms with Crippen LogP contribution in [0, 0.1) is 5.92 Å². The zero-order valence-electron chi connectivity index (χ0n) is 11.1. The predicted octanol–water partition coefficient (Wildman–Crippen LogP) is 3.46. The van der Waals surface area contributed by atoms with Gasteiger partial charge in [0.15, 0.2) is 0 Å². The zero-order chi connectivity index (χ0) is 13.0. The molecule has 0 saturated carbocycles. The normalized spacial score (nSPS) is 14.6. The van der Waals surface area contributed by atoms with Crippen LogP contribution in [0.5, 0.6) is 0 Å². The van der Waals surface area contributed by atoms with Crippen molar-refractivity contribution in [2.45, 2.75) is 39.2 Å². The van der Waals surface area contributed by atoms with Gasteiger partial charge in [-0.3, -0.25) is 4.98 Å². The van der Waals surface area contributed by atoms with E-state index in [9.17, 15) is 0 Å². The summed E-state index contributed by atoms with van der Waals surface area (Å²) in [6.45, 7) is 4.45. The molecule has 2 atom stereocenters. The molecule has 0 aliphatic rings. The van der Waals surface area contributed by atoms with E-state index in [1.165, 1.54) is 12.8 Å². The summed E-state index contributed by atoms with van der Waals surface area (Å²) in [6, 6.07) is 7.89. The van der Waals surface area contributed by atoms with Crippen LogP contribution in [0.1, 0.15) is 44.8 Å². The van der Waals surface area contributed by atoms with E-state index >= 15 is 0 Å². The molecule has 2 rings (SSSR count). The maximum atomic E-state index is 6.21. The lowest BCUT2D eigenvalue weighted by molar-refractivity contribution is 0.436. The van der Waals surface area contributed by atoms with Gasteiger partial charge in [-0.05, 0) is 24.5 Å². The average Bonchev–Trinajstić information content (AvgIpc) is 2.38. The van der Waals surface area contributed by atoms with E-state index in [1.807, 2.05) is 30.5 Å². The van der Waals surface area contributed by atoms with Gasteiger partial charge < -0.3 is 5.73 Å². The first-order valence-corrected chi connectivity index (χ1v) is 6.68. The van der Waals surface area contributed by atoms with Gasteiger partial charge in [0.2, 0.25) is 0 Å². The van der Waals surface area contributed by atoms with Crippen molar-refractivity contribution in [3.63, 3.8) is 0 Å². The summed E-state index contributed by atoms with van der Waals surface area (Å²) in [6.07, 6.45) is 5.21. The summed E-state index contributed by atoms with van der Waals surface area (Å²) >= 11 is 0. The molecule has 1 heterocycles. The molecule has 0 fully saturated rings. The Kier molecular flexibility index (Phi) is 4.26. The van der Waals surface area contributed by atoms with Crippen LogP contribution in [-0.4, -0.2) is 9.97 Å². The number of hydrogen-bond donors (Lipinski definition) is 1. The van der Waals surface area contributed by atoms with Crippen LogP contribution in [0.2, 0.25) is 0 Å². The topological polar surface area (TPSA) is 51.8 Å². The molecule has 2 unspecified atom stereocenters. The summed E-state index contributed by atoms with van der Waals surface area (Å²) < 4.78 is 0. The summed E-state index contributed by atoms with van der Waals surface area (Å²) in [5, 5.41) is 0. The molecule has 3 heteroatoms. The number of fused-ring (bicyclic) bond motifs is 1. The fourth-order valence-corrected chi connectivity index (χ4v) is 2.32. The Bertz CT molecular complexity index is 510. The molecule has 0 aliphatic heterocycles. The zero-order valence-corrected chi connectivity index (χ0v) is 11.1. The summed E-state index contributed by atoms with van der Waals surface area (Å²) in [5.41, 5.74) is 8.96. The van der Waals surface area contributed by atoms with Gasteiger partial charge in [-0.1, -0.05) is 38.8 Å². The molecule has 2 aromatic rings. The fraction of sp³-hybridized carbons (Fsp3) is 0.467. The summed E-state index contributed by atoms with van der Waals surface area (Å²) in [7, 11) is 0. The van der Waals surface area contributed by atoms with Crippen molar-refractivity contribution in [1.82, 2.24) is 9.97 Å². The molecule has 0 aliphatic carbocycles. The van der Waals surface area contributed by atoms with Crippen LogP contribution in [0.3, 0.4) is 0 Å². The molecule has 18 heavy (non-hydrogen) atoms. The van der Waals surface area contributed by atoms with Crippen LogP contribution < -0.4 is 5.73 Å². The molecule has 0 radical (unpaired) electrons. The van der Waals surface area contributed by atoms with Crippen LogP contribution >= 0.6 is 0 Å². The number of rotatable bonds is 5. The molecule has 1 aromatic heterocycles. The Labute approximate surface area is 108 Å². The molecule has 0 amide bonds. The maximum Gasteiger partial charge on any atom is 0.0890 e. The Morgan fingerprint density at radius 3 is 2.67 bits per heavy atom. The van der Waals surface area contributed by atoms with Crippen molar-refractivity contribution in [2.24, 2.45) is 11.7 Å². The molecule has 96 valence electrons. The van der Waals surface area contributed by atoms with Crippen molar-refractivity contribution < 1.29 is 0 Å². The monoisotopic (exact) mass is 243 g/mol. The lowest BCUT2D eigenvalue weighted by Crippen LogP contribution is -2.16. The second-order valence-corrected chi connectivity index (χ2v) is 5.02. The van der Waals surface area contributed by atoms with Gasteiger partial charge in [0.25, 0.3) is 0 Å². The minimum Gasteiger partial charge on any atom is -0.323 e. The van der Waals surface area contributed by atoms with E-state index in [0.717, 1.165) is 23.1 Å². The average molecular weight is 243 g/mol. The van der Waals surface area contributed by atoms with E-state index in [-0.39, 0.29) is 6.04 Å². The van der Waals surface area contributed by atoms with Gasteiger partial charge in [0.1, 0.15) is 0 Å². The van der Waals surface area contributed by atoms with Crippen LogP contribution in [-0.2, 0) is 0 Å². The third kappa shape index (κ3) is 3.05. The van der Waals surface area contributed by atoms with Crippen LogP contribution in [0.4, 0.5) is 0 Å². The van der Waals surface area contributed by atoms with Crippen molar-refractivity contribution >= 4 is 11.0 Å². The minimum atomic E-state index is -0.0105. The number of nitrogens with two attached hydrogens (primary N) is 1. The number of nitrogens with zero attached hydrogens (tertiary/aromatic N) is 2. The summed E-state index contributed by atoms with van der Waals surface area (Å²) in [5.74, 6) is 0.637. The molecule has 0 spiro atoms. The SMILES string of the molecule is CCCC(C)CC(N)c1cnc2ccccc2n1. The van der Waals surface area contributed by atoms with E-state index in [1.54, 1.807) is 0 Å². The van der Waals surface area contributed by atoms with Gasteiger partial charge in [-0.2, -0.15) is 0 Å². The van der Waals surface area contributed by atoms with Crippen molar-refractivity contribution in [3.8, 4) is 0 Å². The van der Waals surface area contributed by atoms with Crippen molar-refractivity contribution in [2.75, 3.05) is 0 Å². The minimum absolute atomic E-state index is 0.0105. The lowest BCUT2D eigenvalue weighted by atomic mass is 9.96. The van der Waals surface area contributed by atoms with Crippen LogP contribution in [0.15, 0.2) is 30.5 Å². The Balaban J connectivity index is 2.15. The third-order valence-electron chi connectivity index (χ3n) is 3.28. The second kappa shape index (κ2) is 5.91. The molecule has 2 N–H and O–H groups in total. The predicted molar refractivity (Wildman–Crippen MR) is 75.2 cm³/mol. The highest BCUT2D eigenvalue weighted by Gasteiger charge is 2.12. The van der Waals surface area contributed by atoms with Gasteiger partial charge in [-0.25, -0.2) is 4.98 Å². The number of aromatic nitrogens is 2. The molecule has 3 nitrogen and oxygen atoms in total. The highest BCUT2D eigenvalue weighted by Crippen LogP contribution is 2.21.